The van der Waals surface area contributed by atoms with E-state index in [1.165, 1.54) is 29.2 Å². The number of carboxylic acids is 1. The maximum atomic E-state index is 13.6. The van der Waals surface area contributed by atoms with Crippen molar-refractivity contribution in [3.8, 4) is 0 Å². The molecular weight excluding hydrogens is 444 g/mol. The van der Waals surface area contributed by atoms with E-state index in [-0.39, 0.29) is 23.9 Å². The molecule has 35 heavy (non-hydrogen) atoms. The van der Waals surface area contributed by atoms with E-state index in [9.17, 15) is 14.4 Å². The van der Waals surface area contributed by atoms with Crippen LogP contribution in [0, 0.1) is 5.41 Å². The number of amides is 2. The van der Waals surface area contributed by atoms with Gasteiger partial charge in [-0.15, -0.1) is 0 Å². The van der Waals surface area contributed by atoms with Gasteiger partial charge in [0.1, 0.15) is 6.04 Å². The third kappa shape index (κ3) is 6.23. The molecule has 0 aliphatic heterocycles. The summed E-state index contributed by atoms with van der Waals surface area (Å²) in [6, 6.07) is -1.36. The fourth-order valence-electron chi connectivity index (χ4n) is 4.64. The first-order valence-corrected chi connectivity index (χ1v) is 12.1. The standard InChI is InChI=1S/C27H42N4O4/c1-17(25(34)35)14-15-30(8)24(33)22(26(2,3)4)29-23(32)21(28-7)27(5,6)19-16-31(9)20-13-11-10-12-18(19)20/h10,12,14,16,21-22,28H,11,13,15H2,1-9H3,(H,29,32)(H,34,35)/b17-14+/t21-,22-/m1/s1. The van der Waals surface area contributed by atoms with Gasteiger partial charge in [0.05, 0.1) is 6.04 Å². The van der Waals surface area contributed by atoms with Crippen LogP contribution in [-0.2, 0) is 33.3 Å². The van der Waals surface area contributed by atoms with E-state index in [2.05, 4.69) is 33.5 Å². The molecule has 1 heterocycles. The maximum Gasteiger partial charge on any atom is 0.331 e. The number of aryl methyl sites for hydroxylation is 1. The van der Waals surface area contributed by atoms with Gasteiger partial charge >= 0.3 is 5.97 Å². The van der Waals surface area contributed by atoms with Crippen molar-refractivity contribution in [3.63, 3.8) is 0 Å². The van der Waals surface area contributed by atoms with Gasteiger partial charge in [0.2, 0.25) is 11.8 Å². The lowest BCUT2D eigenvalue weighted by Gasteiger charge is -2.38. The fourth-order valence-corrected chi connectivity index (χ4v) is 4.64. The zero-order valence-corrected chi connectivity index (χ0v) is 22.7. The summed E-state index contributed by atoms with van der Waals surface area (Å²) in [6.45, 7) is 11.4. The molecule has 1 aliphatic rings. The third-order valence-electron chi connectivity index (χ3n) is 6.93. The van der Waals surface area contributed by atoms with Crippen molar-refractivity contribution in [2.45, 2.75) is 71.9 Å². The highest BCUT2D eigenvalue weighted by Crippen LogP contribution is 2.36. The first-order chi connectivity index (χ1) is 16.1. The second kappa shape index (κ2) is 10.8. The first-order valence-electron chi connectivity index (χ1n) is 12.1. The number of aromatic nitrogens is 1. The molecule has 2 rings (SSSR count). The van der Waals surface area contributed by atoms with Crippen molar-refractivity contribution in [1.29, 1.82) is 0 Å². The molecule has 1 aliphatic carbocycles. The second-order valence-electron chi connectivity index (χ2n) is 11.1. The van der Waals surface area contributed by atoms with Crippen LogP contribution >= 0.6 is 0 Å². The van der Waals surface area contributed by atoms with Crippen molar-refractivity contribution >= 4 is 23.9 Å². The number of nitrogens with zero attached hydrogens (tertiary/aromatic N) is 2. The fraction of sp³-hybridized carbons (Fsp3) is 0.593. The Balaban J connectivity index is 2.31. The molecule has 0 fully saturated rings. The average molecular weight is 487 g/mol. The van der Waals surface area contributed by atoms with Crippen LogP contribution in [0.3, 0.4) is 0 Å². The molecule has 0 bridgehead atoms. The first kappa shape index (κ1) is 28.4. The molecule has 3 N–H and O–H groups in total. The van der Waals surface area contributed by atoms with E-state index in [4.69, 9.17) is 5.11 Å². The molecule has 1 aromatic heterocycles. The molecule has 0 spiro atoms. The summed E-state index contributed by atoms with van der Waals surface area (Å²) in [5.74, 6) is -1.55. The van der Waals surface area contributed by atoms with Crippen LogP contribution in [-0.4, -0.2) is 65.1 Å². The van der Waals surface area contributed by atoms with Gasteiger partial charge in [-0.3, -0.25) is 9.59 Å². The minimum absolute atomic E-state index is 0.142. The molecule has 8 heteroatoms. The van der Waals surface area contributed by atoms with E-state index in [0.29, 0.717) is 0 Å². The van der Waals surface area contributed by atoms with E-state index < -0.39 is 28.9 Å². The number of allylic oxidation sites excluding steroid dienone is 1. The number of aliphatic carboxylic acids is 1. The lowest BCUT2D eigenvalue weighted by Crippen LogP contribution is -2.60. The molecule has 8 nitrogen and oxygen atoms in total. The molecular formula is C27H42N4O4. The van der Waals surface area contributed by atoms with Crippen LogP contribution < -0.4 is 10.6 Å². The van der Waals surface area contributed by atoms with Crippen LogP contribution in [0.5, 0.6) is 0 Å². The number of hydrogen-bond acceptors (Lipinski definition) is 4. The minimum Gasteiger partial charge on any atom is -0.478 e. The van der Waals surface area contributed by atoms with Crippen molar-refractivity contribution in [2.75, 3.05) is 20.6 Å². The van der Waals surface area contributed by atoms with Gasteiger partial charge < -0.3 is 25.2 Å². The molecule has 2 amide bonds. The Morgan fingerprint density at radius 3 is 2.37 bits per heavy atom. The van der Waals surface area contributed by atoms with E-state index in [1.807, 2.05) is 41.7 Å². The highest BCUT2D eigenvalue weighted by Gasteiger charge is 2.42. The SMILES string of the molecule is CN[C@H](C(=O)N[C@H](C(=O)N(C)C/C=C(\C)C(=O)O)C(C)(C)C)C(C)(C)c1cn(C)c2c1C=CCC2. The largest absolute Gasteiger partial charge is 0.478 e. The summed E-state index contributed by atoms with van der Waals surface area (Å²) in [5, 5.41) is 15.3. The molecule has 0 saturated carbocycles. The molecule has 194 valence electrons. The molecule has 0 saturated heterocycles. The zero-order valence-electron chi connectivity index (χ0n) is 22.7. The summed E-state index contributed by atoms with van der Waals surface area (Å²) in [7, 11) is 5.41. The number of carbonyl (C=O) groups excluding carboxylic acids is 2. The van der Waals surface area contributed by atoms with Gasteiger partial charge in [0.25, 0.3) is 0 Å². The van der Waals surface area contributed by atoms with Crippen molar-refractivity contribution in [3.05, 3.63) is 40.7 Å². The number of carbonyl (C=O) groups is 3. The van der Waals surface area contributed by atoms with Gasteiger partial charge in [0.15, 0.2) is 0 Å². The van der Waals surface area contributed by atoms with Gasteiger partial charge in [-0.25, -0.2) is 4.79 Å². The van der Waals surface area contributed by atoms with Crippen molar-refractivity contribution in [1.82, 2.24) is 20.1 Å². The molecule has 0 unspecified atom stereocenters. The number of carboxylic acid groups (broad SMARTS) is 1. The maximum absolute atomic E-state index is 13.6. The van der Waals surface area contributed by atoms with Crippen LogP contribution in [0.15, 0.2) is 23.9 Å². The number of rotatable bonds is 9. The quantitative estimate of drug-likeness (QED) is 0.466. The summed E-state index contributed by atoms with van der Waals surface area (Å²) in [5.41, 5.74) is 2.58. The summed E-state index contributed by atoms with van der Waals surface area (Å²) < 4.78 is 2.14. The van der Waals surface area contributed by atoms with Crippen LogP contribution in [0.2, 0.25) is 0 Å². The predicted octanol–water partition coefficient (Wildman–Crippen LogP) is 2.87. The van der Waals surface area contributed by atoms with Gasteiger partial charge in [0, 0.05) is 43.5 Å². The Morgan fingerprint density at radius 1 is 1.20 bits per heavy atom. The van der Waals surface area contributed by atoms with Gasteiger partial charge in [-0.1, -0.05) is 52.8 Å². The lowest BCUT2D eigenvalue weighted by atomic mass is 9.75. The summed E-state index contributed by atoms with van der Waals surface area (Å²) >= 11 is 0. The monoisotopic (exact) mass is 486 g/mol. The topological polar surface area (TPSA) is 104 Å². The Kier molecular flexibility index (Phi) is 8.76. The number of likely N-dealkylation sites (N-methyl/N-ethyl adjacent to an activating group) is 2. The molecule has 0 aromatic carbocycles. The number of fused-ring (bicyclic) bond motifs is 1. The Labute approximate surface area is 209 Å². The van der Waals surface area contributed by atoms with Crippen molar-refractivity contribution in [2.24, 2.45) is 12.5 Å². The zero-order chi connectivity index (χ0) is 26.7. The van der Waals surface area contributed by atoms with Crippen LogP contribution in [0.1, 0.15) is 64.8 Å². The van der Waals surface area contributed by atoms with Gasteiger partial charge in [-0.2, -0.15) is 0 Å². The molecule has 0 radical (unpaired) electrons. The molecule has 2 atom stereocenters. The number of hydrogen-bond donors (Lipinski definition) is 3. The Morgan fingerprint density at radius 2 is 1.83 bits per heavy atom. The van der Waals surface area contributed by atoms with Crippen molar-refractivity contribution < 1.29 is 19.5 Å². The van der Waals surface area contributed by atoms with E-state index in [1.54, 1.807) is 14.1 Å². The second-order valence-corrected chi connectivity index (χ2v) is 11.1. The third-order valence-corrected chi connectivity index (χ3v) is 6.93. The van der Waals surface area contributed by atoms with Gasteiger partial charge in [-0.05, 0) is 43.4 Å². The smallest absolute Gasteiger partial charge is 0.331 e. The van der Waals surface area contributed by atoms with Crippen LogP contribution in [0.25, 0.3) is 6.08 Å². The van der Waals surface area contributed by atoms with E-state index in [0.717, 1.165) is 18.4 Å². The predicted molar refractivity (Wildman–Crippen MR) is 139 cm³/mol. The van der Waals surface area contributed by atoms with E-state index >= 15 is 0 Å². The molecule has 1 aromatic rings. The minimum atomic E-state index is -1.02. The highest BCUT2D eigenvalue weighted by atomic mass is 16.4. The Hall–Kier alpha value is -2.87. The highest BCUT2D eigenvalue weighted by molar-refractivity contribution is 5.91. The normalized spacial score (nSPS) is 15.9. The summed E-state index contributed by atoms with van der Waals surface area (Å²) in [4.78, 5) is 39.5. The average Bonchev–Trinajstić information content (AvgIpc) is 3.12. The summed E-state index contributed by atoms with van der Waals surface area (Å²) in [6.07, 6.45) is 9.88. The lowest BCUT2D eigenvalue weighted by molar-refractivity contribution is -0.139. The van der Waals surface area contributed by atoms with Crippen LogP contribution in [0.4, 0.5) is 0 Å². The number of nitrogens with one attached hydrogen (secondary N) is 2. The Bertz CT molecular complexity index is 1030.